The van der Waals surface area contributed by atoms with Gasteiger partial charge in [-0.2, -0.15) is 9.57 Å². The highest BCUT2D eigenvalue weighted by atomic mass is 79.9. The first-order valence-electron chi connectivity index (χ1n) is 4.56. The summed E-state index contributed by atoms with van der Waals surface area (Å²) in [5.41, 5.74) is 0. The molecule has 1 aromatic rings. The van der Waals surface area contributed by atoms with Gasteiger partial charge in [0.2, 0.25) is 10.0 Å². The summed E-state index contributed by atoms with van der Waals surface area (Å²) in [5, 5.41) is 8.59. The molecule has 88 valence electrons. The molecule has 16 heavy (non-hydrogen) atoms. The van der Waals surface area contributed by atoms with Crippen molar-refractivity contribution >= 4 is 37.3 Å². The molecule has 0 unspecified atom stereocenters. The van der Waals surface area contributed by atoms with E-state index in [4.69, 9.17) is 5.26 Å². The third-order valence-corrected chi connectivity index (χ3v) is 5.79. The second-order valence-electron chi connectivity index (χ2n) is 3.06. The monoisotopic (exact) mass is 322 g/mol. The zero-order valence-corrected chi connectivity index (χ0v) is 12.1. The fourth-order valence-electron chi connectivity index (χ4n) is 1.27. The molecule has 0 N–H and O–H groups in total. The van der Waals surface area contributed by atoms with Gasteiger partial charge in [0.1, 0.15) is 6.54 Å². The van der Waals surface area contributed by atoms with Gasteiger partial charge in [-0.3, -0.25) is 0 Å². The Bertz CT molecular complexity index is 516. The number of rotatable bonds is 4. The van der Waals surface area contributed by atoms with Gasteiger partial charge in [0.05, 0.1) is 14.8 Å². The van der Waals surface area contributed by atoms with Gasteiger partial charge in [0, 0.05) is 11.4 Å². The Kier molecular flexibility index (Phi) is 4.50. The van der Waals surface area contributed by atoms with Crippen LogP contribution in [0.3, 0.4) is 0 Å². The van der Waals surface area contributed by atoms with E-state index in [0.29, 0.717) is 6.54 Å². The van der Waals surface area contributed by atoms with Crippen molar-refractivity contribution in [1.82, 2.24) is 4.31 Å². The summed E-state index contributed by atoms with van der Waals surface area (Å²) in [6.07, 6.45) is 0. The van der Waals surface area contributed by atoms with Crippen LogP contribution in [0.1, 0.15) is 11.8 Å². The van der Waals surface area contributed by atoms with Gasteiger partial charge in [-0.15, -0.1) is 11.3 Å². The number of halogens is 1. The molecule has 0 saturated heterocycles. The molecule has 0 aliphatic heterocycles. The number of sulfonamides is 1. The first-order valence-corrected chi connectivity index (χ1v) is 7.61. The molecule has 1 aromatic heterocycles. The maximum absolute atomic E-state index is 12.1. The van der Waals surface area contributed by atoms with Gasteiger partial charge in [-0.05, 0) is 28.9 Å². The van der Waals surface area contributed by atoms with Crippen LogP contribution >= 0.6 is 27.3 Å². The highest BCUT2D eigenvalue weighted by Crippen LogP contribution is 2.31. The molecule has 0 spiro atoms. The van der Waals surface area contributed by atoms with E-state index in [-0.39, 0.29) is 11.4 Å². The molecule has 0 aliphatic rings. The van der Waals surface area contributed by atoms with Crippen molar-refractivity contribution in [1.29, 1.82) is 5.26 Å². The molecule has 0 bridgehead atoms. The van der Waals surface area contributed by atoms with Gasteiger partial charge < -0.3 is 0 Å². The minimum absolute atomic E-state index is 0.119. The van der Waals surface area contributed by atoms with Gasteiger partial charge in [-0.25, -0.2) is 8.42 Å². The van der Waals surface area contributed by atoms with Crippen LogP contribution in [0.5, 0.6) is 0 Å². The summed E-state index contributed by atoms with van der Waals surface area (Å²) in [6.45, 7) is 3.64. The van der Waals surface area contributed by atoms with Gasteiger partial charge >= 0.3 is 0 Å². The summed E-state index contributed by atoms with van der Waals surface area (Å²) >= 11 is 4.63. The molecule has 1 rings (SSSR count). The molecule has 0 amide bonds. The van der Waals surface area contributed by atoms with Gasteiger partial charge in [0.25, 0.3) is 0 Å². The van der Waals surface area contributed by atoms with Crippen molar-refractivity contribution in [3.63, 3.8) is 0 Å². The average molecular weight is 323 g/mol. The molecule has 4 nitrogen and oxygen atoms in total. The predicted molar refractivity (Wildman–Crippen MR) is 66.8 cm³/mol. The van der Waals surface area contributed by atoms with Gasteiger partial charge in [0.15, 0.2) is 0 Å². The number of hydrogen-bond donors (Lipinski definition) is 0. The van der Waals surface area contributed by atoms with Crippen LogP contribution in [-0.4, -0.2) is 25.8 Å². The van der Waals surface area contributed by atoms with Crippen LogP contribution in [0.2, 0.25) is 0 Å². The number of aryl methyl sites for hydroxylation is 1. The highest BCUT2D eigenvalue weighted by Gasteiger charge is 2.26. The topological polar surface area (TPSA) is 61.2 Å². The zero-order valence-electron chi connectivity index (χ0n) is 8.90. The van der Waals surface area contributed by atoms with E-state index in [1.807, 2.05) is 6.07 Å². The number of nitrogens with zero attached hydrogens (tertiary/aromatic N) is 2. The Morgan fingerprint density at radius 2 is 2.25 bits per heavy atom. The van der Waals surface area contributed by atoms with E-state index in [1.165, 1.54) is 11.3 Å². The summed E-state index contributed by atoms with van der Waals surface area (Å²) in [4.78, 5) is 1.00. The van der Waals surface area contributed by atoms with E-state index in [1.54, 1.807) is 19.9 Å². The average Bonchev–Trinajstić information content (AvgIpc) is 2.54. The molecule has 0 radical (unpaired) electrons. The summed E-state index contributed by atoms with van der Waals surface area (Å²) in [6, 6.07) is 3.44. The fourth-order valence-corrected chi connectivity index (χ4v) is 5.00. The largest absolute Gasteiger partial charge is 0.245 e. The maximum Gasteiger partial charge on any atom is 0.245 e. The molecule has 0 aromatic carbocycles. The Morgan fingerprint density at radius 1 is 1.62 bits per heavy atom. The minimum Gasteiger partial charge on any atom is -0.207 e. The zero-order chi connectivity index (χ0) is 12.3. The first-order chi connectivity index (χ1) is 7.43. The van der Waals surface area contributed by atoms with Crippen molar-refractivity contribution < 1.29 is 8.42 Å². The summed E-state index contributed by atoms with van der Waals surface area (Å²) in [5.74, 6) is 0. The van der Waals surface area contributed by atoms with Gasteiger partial charge in [-0.1, -0.05) is 6.92 Å². The van der Waals surface area contributed by atoms with Crippen molar-refractivity contribution in [3.05, 3.63) is 14.7 Å². The second kappa shape index (κ2) is 5.27. The molecule has 0 atom stereocenters. The second-order valence-corrected chi connectivity index (χ2v) is 7.60. The number of nitriles is 1. The van der Waals surface area contributed by atoms with Crippen LogP contribution in [0.15, 0.2) is 14.7 Å². The Labute approximate surface area is 108 Å². The fraction of sp³-hybridized carbons (Fsp3) is 0.444. The van der Waals surface area contributed by atoms with Crippen LogP contribution in [0, 0.1) is 18.3 Å². The van der Waals surface area contributed by atoms with Crippen LogP contribution < -0.4 is 0 Å². The lowest BCUT2D eigenvalue weighted by Crippen LogP contribution is -2.31. The molecular formula is C9H11BrN2O2S2. The van der Waals surface area contributed by atoms with E-state index in [0.717, 1.165) is 13.0 Å². The predicted octanol–water partition coefficient (Wildman–Crippen LogP) is 2.35. The SMILES string of the molecule is CCN(CC#N)S(=O)(=O)c1cc(Br)sc1C. The molecule has 0 fully saturated rings. The Balaban J connectivity index is 3.21. The number of hydrogen-bond acceptors (Lipinski definition) is 4. The number of thiophene rings is 1. The Morgan fingerprint density at radius 3 is 2.62 bits per heavy atom. The van der Waals surface area contributed by atoms with Crippen LogP contribution in [-0.2, 0) is 10.0 Å². The lowest BCUT2D eigenvalue weighted by molar-refractivity contribution is 0.462. The van der Waals surface area contributed by atoms with Crippen LogP contribution in [0.25, 0.3) is 0 Å². The van der Waals surface area contributed by atoms with Crippen LogP contribution in [0.4, 0.5) is 0 Å². The molecule has 7 heteroatoms. The van der Waals surface area contributed by atoms with E-state index in [2.05, 4.69) is 15.9 Å². The molecule has 0 saturated carbocycles. The molecule has 0 aliphatic carbocycles. The third-order valence-electron chi connectivity index (χ3n) is 2.06. The lowest BCUT2D eigenvalue weighted by atomic mass is 10.5. The minimum atomic E-state index is -3.53. The first kappa shape index (κ1) is 13.6. The maximum atomic E-state index is 12.1. The standard InChI is InChI=1S/C9H11BrN2O2S2/c1-3-12(5-4-11)16(13,14)8-6-9(10)15-7(8)2/h6H,3,5H2,1-2H3. The van der Waals surface area contributed by atoms with Crippen molar-refractivity contribution in [3.8, 4) is 6.07 Å². The van der Waals surface area contributed by atoms with E-state index < -0.39 is 10.0 Å². The van der Waals surface area contributed by atoms with Crippen molar-refractivity contribution in [2.45, 2.75) is 18.7 Å². The highest BCUT2D eigenvalue weighted by molar-refractivity contribution is 9.11. The van der Waals surface area contributed by atoms with E-state index in [9.17, 15) is 8.42 Å². The van der Waals surface area contributed by atoms with E-state index >= 15 is 0 Å². The quantitative estimate of drug-likeness (QED) is 0.799. The summed E-state index contributed by atoms with van der Waals surface area (Å²) < 4.78 is 26.2. The lowest BCUT2D eigenvalue weighted by Gasteiger charge is -2.16. The van der Waals surface area contributed by atoms with Crippen molar-refractivity contribution in [2.24, 2.45) is 0 Å². The Hall–Kier alpha value is -0.420. The van der Waals surface area contributed by atoms with Crippen molar-refractivity contribution in [2.75, 3.05) is 13.1 Å². The summed E-state index contributed by atoms with van der Waals surface area (Å²) in [7, 11) is -3.53. The smallest absolute Gasteiger partial charge is 0.207 e. The molecule has 1 heterocycles. The molecular weight excluding hydrogens is 312 g/mol. The normalized spacial score (nSPS) is 11.7. The third kappa shape index (κ3) is 2.63.